The number of hydrogen-bond acceptors (Lipinski definition) is 9. The van der Waals surface area contributed by atoms with Crippen LogP contribution in [0.25, 0.3) is 0 Å². The summed E-state index contributed by atoms with van der Waals surface area (Å²) in [5.41, 5.74) is 9.42. The van der Waals surface area contributed by atoms with Crippen LogP contribution in [0.4, 0.5) is 4.79 Å². The molecule has 0 aromatic carbocycles. The number of carbonyl (C=O) groups excluding carboxylic acids is 2. The van der Waals surface area contributed by atoms with Crippen LogP contribution in [0.5, 0.6) is 0 Å². The maximum absolute atomic E-state index is 13.8. The number of carbonyl (C=O) groups is 2. The van der Waals surface area contributed by atoms with Crippen LogP contribution >= 0.6 is 0 Å². The van der Waals surface area contributed by atoms with E-state index in [0.29, 0.717) is 63.7 Å². The van der Waals surface area contributed by atoms with Crippen molar-refractivity contribution < 1.29 is 14.3 Å². The minimum absolute atomic E-state index is 0.0418. The first kappa shape index (κ1) is 42.9. The molecule has 0 aliphatic carbocycles. The molecule has 2 amide bonds. The number of ether oxygens (including phenoxy) is 1. The number of urea groups is 1. The number of Topliss-reactive ketones (excluding diaryl/α,β-unsaturated/α-hetero) is 1. The molecule has 53 heavy (non-hydrogen) atoms. The smallest absolute Gasteiger partial charge is 0.320 e. The van der Waals surface area contributed by atoms with Gasteiger partial charge in [0.2, 0.25) is 0 Å². The molecule has 1 aromatic rings. The second kappa shape index (κ2) is 21.2. The molecule has 11 nitrogen and oxygen atoms in total. The molecule has 288 valence electrons. The number of ketones is 1. The molecule has 2 saturated heterocycles. The maximum Gasteiger partial charge on any atom is 0.320 e. The van der Waals surface area contributed by atoms with Crippen molar-refractivity contribution in [3.05, 3.63) is 88.2 Å². The second-order valence-electron chi connectivity index (χ2n) is 13.7. The molecular weight excluding hydrogens is 665 g/mol. The predicted molar refractivity (Wildman–Crippen MR) is 214 cm³/mol. The summed E-state index contributed by atoms with van der Waals surface area (Å²) in [6.45, 7) is 21.4. The van der Waals surface area contributed by atoms with Gasteiger partial charge >= 0.3 is 6.03 Å². The van der Waals surface area contributed by atoms with Crippen LogP contribution < -0.4 is 5.73 Å². The van der Waals surface area contributed by atoms with Gasteiger partial charge in [-0.15, -0.1) is 0 Å². The Morgan fingerprint density at radius 3 is 2.53 bits per heavy atom. The number of piperazine rings is 1. The third kappa shape index (κ3) is 10.8. The van der Waals surface area contributed by atoms with Crippen molar-refractivity contribution in [2.24, 2.45) is 10.7 Å². The SMILES string of the molecule is C/C=C(\C=N/C(=C/CCC)N1CCN2C(=O)N(CCOCCN)CC2C1)C(/C=C\C1=C(C)N(Cc2cccnc2C#N)C(C)(C)C1=O)=C\CCC.CC. The Hall–Kier alpha value is -4.53. The lowest BCUT2D eigenvalue weighted by Gasteiger charge is -2.37. The van der Waals surface area contributed by atoms with Crippen molar-refractivity contribution in [3.63, 3.8) is 0 Å². The Bertz CT molecular complexity index is 1630. The predicted octanol–water partition coefficient (Wildman–Crippen LogP) is 6.76. The van der Waals surface area contributed by atoms with Crippen LogP contribution in [-0.4, -0.2) is 107 Å². The summed E-state index contributed by atoms with van der Waals surface area (Å²) < 4.78 is 5.54. The molecular formula is C42H62N8O3. The van der Waals surface area contributed by atoms with Crippen LogP contribution in [-0.2, 0) is 16.1 Å². The molecule has 2 fully saturated rings. The lowest BCUT2D eigenvalue weighted by molar-refractivity contribution is -0.122. The summed E-state index contributed by atoms with van der Waals surface area (Å²) in [6, 6.07) is 6.06. The van der Waals surface area contributed by atoms with Crippen LogP contribution in [0.15, 0.2) is 81.9 Å². The average Bonchev–Trinajstić information content (AvgIpc) is 3.57. The molecule has 0 saturated carbocycles. The van der Waals surface area contributed by atoms with Gasteiger partial charge in [0, 0.05) is 75.1 Å². The normalized spacial score (nSPS) is 19.5. The fraction of sp³-hybridized carbons (Fsp3) is 0.548. The van der Waals surface area contributed by atoms with Gasteiger partial charge in [0.05, 0.1) is 24.8 Å². The van der Waals surface area contributed by atoms with E-state index in [9.17, 15) is 14.9 Å². The molecule has 2 N–H and O–H groups in total. The molecule has 0 bridgehead atoms. The number of fused-ring (bicyclic) bond motifs is 1. The van der Waals surface area contributed by atoms with Gasteiger partial charge in [0.15, 0.2) is 5.78 Å². The van der Waals surface area contributed by atoms with Crippen LogP contribution in [0, 0.1) is 11.3 Å². The first-order valence-electron chi connectivity index (χ1n) is 19.4. The number of hydrogen-bond donors (Lipinski definition) is 1. The van der Waals surface area contributed by atoms with Crippen molar-refractivity contribution in [1.29, 1.82) is 5.26 Å². The topological polar surface area (TPSA) is 131 Å². The molecule has 1 atom stereocenters. The highest BCUT2D eigenvalue weighted by atomic mass is 16.5. The molecule has 0 spiro atoms. The zero-order valence-corrected chi connectivity index (χ0v) is 33.4. The van der Waals surface area contributed by atoms with Gasteiger partial charge in [-0.3, -0.25) is 4.79 Å². The van der Waals surface area contributed by atoms with Crippen LogP contribution in [0.2, 0.25) is 0 Å². The molecule has 0 radical (unpaired) electrons. The van der Waals surface area contributed by atoms with Gasteiger partial charge in [0.25, 0.3) is 0 Å². The highest BCUT2D eigenvalue weighted by Crippen LogP contribution is 2.36. The van der Waals surface area contributed by atoms with Crippen LogP contribution in [0.1, 0.15) is 92.3 Å². The van der Waals surface area contributed by atoms with Crippen LogP contribution in [0.3, 0.4) is 0 Å². The maximum atomic E-state index is 13.8. The van der Waals surface area contributed by atoms with E-state index in [1.54, 1.807) is 6.20 Å². The summed E-state index contributed by atoms with van der Waals surface area (Å²) in [4.78, 5) is 44.4. The average molecular weight is 727 g/mol. The Labute approximate surface area is 318 Å². The van der Waals surface area contributed by atoms with E-state index in [1.165, 1.54) is 0 Å². The summed E-state index contributed by atoms with van der Waals surface area (Å²) in [5.74, 6) is 0.959. The summed E-state index contributed by atoms with van der Waals surface area (Å²) in [5, 5.41) is 9.60. The molecule has 3 aliphatic heterocycles. The molecule has 1 unspecified atom stereocenters. The largest absolute Gasteiger partial charge is 0.378 e. The number of aromatic nitrogens is 1. The van der Waals surface area contributed by atoms with Crippen molar-refractivity contribution in [1.82, 2.24) is 24.6 Å². The van der Waals surface area contributed by atoms with Crippen molar-refractivity contribution in [3.8, 4) is 6.07 Å². The third-order valence-electron chi connectivity index (χ3n) is 9.80. The first-order chi connectivity index (χ1) is 25.6. The fourth-order valence-corrected chi connectivity index (χ4v) is 6.81. The van der Waals surface area contributed by atoms with Gasteiger partial charge < -0.3 is 30.1 Å². The van der Waals surface area contributed by atoms with E-state index >= 15 is 0 Å². The zero-order valence-electron chi connectivity index (χ0n) is 33.4. The van der Waals surface area contributed by atoms with E-state index in [0.717, 1.165) is 60.5 Å². The molecule has 1 aromatic heterocycles. The lowest BCUT2D eigenvalue weighted by Crippen LogP contribution is -2.51. The number of nitriles is 1. The Balaban J connectivity index is 0.00000372. The molecule has 4 heterocycles. The van der Waals surface area contributed by atoms with Gasteiger partial charge in [-0.05, 0) is 69.9 Å². The Morgan fingerprint density at radius 2 is 1.85 bits per heavy atom. The minimum atomic E-state index is -0.771. The lowest BCUT2D eigenvalue weighted by atomic mass is 9.94. The van der Waals surface area contributed by atoms with Crippen molar-refractivity contribution in [2.45, 2.75) is 99.2 Å². The molecule has 4 rings (SSSR count). The van der Waals surface area contributed by atoms with Gasteiger partial charge in [-0.2, -0.15) is 5.26 Å². The number of unbranched alkanes of at least 4 members (excludes halogenated alkanes) is 2. The Morgan fingerprint density at radius 1 is 1.11 bits per heavy atom. The van der Waals surface area contributed by atoms with E-state index in [-0.39, 0.29) is 17.9 Å². The number of rotatable bonds is 17. The molecule has 11 heteroatoms. The zero-order chi connectivity index (χ0) is 39.0. The number of allylic oxidation sites excluding steroid dienone is 8. The number of amides is 2. The highest BCUT2D eigenvalue weighted by molar-refractivity contribution is 6.07. The van der Waals surface area contributed by atoms with Gasteiger partial charge in [-0.1, -0.05) is 64.8 Å². The number of nitrogens with zero attached hydrogens (tertiary/aromatic N) is 7. The number of aliphatic imine (C=N–C) groups is 1. The summed E-state index contributed by atoms with van der Waals surface area (Å²) >= 11 is 0. The third-order valence-corrected chi connectivity index (χ3v) is 9.80. The van der Waals surface area contributed by atoms with E-state index in [2.05, 4.69) is 52.9 Å². The summed E-state index contributed by atoms with van der Waals surface area (Å²) in [7, 11) is 0. The minimum Gasteiger partial charge on any atom is -0.378 e. The Kier molecular flexibility index (Phi) is 17.2. The number of pyridine rings is 1. The van der Waals surface area contributed by atoms with Crippen molar-refractivity contribution >= 4 is 18.0 Å². The fourth-order valence-electron chi connectivity index (χ4n) is 6.81. The standard InChI is InChI=1S/C40H56N8O3.C2H6/c1-7-10-13-32(16-17-35-30(4)48(40(5,6)38(35)49)27-33-14-12-19-43-36(33)25-42)31(9-3)26-44-37(15-11-8-2)45-20-21-47-34(28-45)29-46(39(47)50)22-24-51-23-18-41;1-2/h9,12-17,19,26,34H,7-8,10-11,18,20-24,27-29,41H2,1-6H3;1-2H3/b17-16-,31-9+,32-13-,37-15-,44-26-;. The highest BCUT2D eigenvalue weighted by Gasteiger charge is 2.44. The van der Waals surface area contributed by atoms with Crippen molar-refractivity contribution in [2.75, 3.05) is 52.5 Å². The quantitative estimate of drug-likeness (QED) is 0.106. The summed E-state index contributed by atoms with van der Waals surface area (Å²) in [6.07, 6.45) is 17.8. The molecule has 3 aliphatic rings. The number of nitrogens with two attached hydrogens (primary N) is 1. The van der Waals surface area contributed by atoms with Gasteiger partial charge in [0.1, 0.15) is 17.6 Å². The first-order valence-corrected chi connectivity index (χ1v) is 19.4. The van der Waals surface area contributed by atoms with E-state index < -0.39 is 5.54 Å². The van der Waals surface area contributed by atoms with E-state index in [4.69, 9.17) is 15.5 Å². The van der Waals surface area contributed by atoms with E-state index in [1.807, 2.05) is 81.8 Å². The second-order valence-corrected chi connectivity index (χ2v) is 13.7. The monoisotopic (exact) mass is 726 g/mol. The van der Waals surface area contributed by atoms with Gasteiger partial charge in [-0.25, -0.2) is 14.8 Å².